The molecule has 1 aromatic heterocycles. The van der Waals surface area contributed by atoms with Crippen LogP contribution in [0, 0.1) is 0 Å². The highest BCUT2D eigenvalue weighted by Gasteiger charge is 2.39. The average Bonchev–Trinajstić information content (AvgIpc) is 3.17. The van der Waals surface area contributed by atoms with Gasteiger partial charge in [-0.1, -0.05) is 54.2 Å². The van der Waals surface area contributed by atoms with Crippen LogP contribution in [0.3, 0.4) is 0 Å². The van der Waals surface area contributed by atoms with Crippen LogP contribution >= 0.6 is 23.1 Å². The molecule has 0 aliphatic carbocycles. The molecule has 0 amide bonds. The summed E-state index contributed by atoms with van der Waals surface area (Å²) >= 11 is 3.29. The SMILES string of the molecule is CC(=O)[C@H]1OC(C)=C(Sc2nc3ccccc3s2)[C@@H]1c1ccccc1. The first-order valence-electron chi connectivity index (χ1n) is 8.10. The van der Waals surface area contributed by atoms with Crippen molar-refractivity contribution in [3.63, 3.8) is 0 Å². The van der Waals surface area contributed by atoms with E-state index < -0.39 is 6.10 Å². The van der Waals surface area contributed by atoms with Gasteiger partial charge in [-0.15, -0.1) is 11.3 Å². The van der Waals surface area contributed by atoms with Crippen molar-refractivity contribution in [2.75, 3.05) is 0 Å². The Bertz CT molecular complexity index is 929. The van der Waals surface area contributed by atoms with Crippen molar-refractivity contribution < 1.29 is 9.53 Å². The molecule has 1 aliphatic heterocycles. The fraction of sp³-hybridized carbons (Fsp3) is 0.200. The molecule has 3 nitrogen and oxygen atoms in total. The van der Waals surface area contributed by atoms with E-state index in [1.165, 1.54) is 4.70 Å². The first-order chi connectivity index (χ1) is 12.1. The molecule has 5 heteroatoms. The van der Waals surface area contributed by atoms with Gasteiger partial charge >= 0.3 is 0 Å². The molecule has 0 N–H and O–H groups in total. The second kappa shape index (κ2) is 6.65. The molecule has 2 atom stereocenters. The molecule has 0 unspecified atom stereocenters. The molecular formula is C20H17NO2S2. The maximum atomic E-state index is 12.1. The minimum absolute atomic E-state index is 0.0492. The zero-order valence-corrected chi connectivity index (χ0v) is 15.6. The van der Waals surface area contributed by atoms with E-state index in [1.54, 1.807) is 30.0 Å². The number of benzene rings is 2. The molecule has 4 rings (SSSR count). The van der Waals surface area contributed by atoms with Crippen molar-refractivity contribution in [2.24, 2.45) is 0 Å². The number of hydrogen-bond donors (Lipinski definition) is 0. The fourth-order valence-corrected chi connectivity index (χ4v) is 5.41. The van der Waals surface area contributed by atoms with Crippen LogP contribution in [0.5, 0.6) is 0 Å². The number of thioether (sulfide) groups is 1. The van der Waals surface area contributed by atoms with Crippen LogP contribution in [0.1, 0.15) is 25.3 Å². The largest absolute Gasteiger partial charge is 0.485 e. The standard InChI is InChI=1S/C20H17NO2S2/c1-12(22)18-17(14-8-4-3-5-9-14)19(13(2)23-18)25-20-21-15-10-6-7-11-16(15)24-20/h3-11,17-18H,1-2H3/t17-,18-/m1/s1. The Morgan fingerprint density at radius 2 is 1.84 bits per heavy atom. The predicted molar refractivity (Wildman–Crippen MR) is 103 cm³/mol. The normalized spacial score (nSPS) is 20.1. The Morgan fingerprint density at radius 1 is 1.12 bits per heavy atom. The molecule has 0 saturated heterocycles. The summed E-state index contributed by atoms with van der Waals surface area (Å²) in [6.07, 6.45) is -0.459. The van der Waals surface area contributed by atoms with Crippen molar-refractivity contribution in [1.29, 1.82) is 0 Å². The van der Waals surface area contributed by atoms with Crippen LogP contribution in [0.2, 0.25) is 0 Å². The minimum Gasteiger partial charge on any atom is -0.485 e. The molecule has 0 spiro atoms. The predicted octanol–water partition coefficient (Wildman–Crippen LogP) is 5.39. The van der Waals surface area contributed by atoms with Gasteiger partial charge in [-0.25, -0.2) is 4.98 Å². The first kappa shape index (κ1) is 16.4. The number of fused-ring (bicyclic) bond motifs is 1. The second-order valence-corrected chi connectivity index (χ2v) is 8.33. The Morgan fingerprint density at radius 3 is 2.56 bits per heavy atom. The lowest BCUT2D eigenvalue weighted by molar-refractivity contribution is -0.125. The molecule has 0 fully saturated rings. The number of Topliss-reactive ketones (excluding diaryl/α,β-unsaturated/α-hetero) is 1. The molecule has 126 valence electrons. The number of carbonyl (C=O) groups is 1. The topological polar surface area (TPSA) is 39.2 Å². The number of allylic oxidation sites excluding steroid dienone is 1. The molecule has 25 heavy (non-hydrogen) atoms. The third kappa shape index (κ3) is 3.10. The van der Waals surface area contributed by atoms with Crippen LogP contribution < -0.4 is 0 Å². The summed E-state index contributed by atoms with van der Waals surface area (Å²) in [6.45, 7) is 3.54. The van der Waals surface area contributed by atoms with E-state index in [-0.39, 0.29) is 11.7 Å². The molecular weight excluding hydrogens is 350 g/mol. The van der Waals surface area contributed by atoms with Gasteiger partial charge in [0.15, 0.2) is 16.2 Å². The van der Waals surface area contributed by atoms with Crippen LogP contribution in [-0.4, -0.2) is 16.9 Å². The monoisotopic (exact) mass is 367 g/mol. The van der Waals surface area contributed by atoms with E-state index in [9.17, 15) is 4.79 Å². The summed E-state index contributed by atoms with van der Waals surface area (Å²) in [5.41, 5.74) is 2.11. The van der Waals surface area contributed by atoms with Gasteiger partial charge in [0.05, 0.1) is 16.1 Å². The number of ketones is 1. The van der Waals surface area contributed by atoms with Gasteiger partial charge in [0, 0.05) is 4.91 Å². The molecule has 3 aromatic rings. The van der Waals surface area contributed by atoms with E-state index in [4.69, 9.17) is 9.72 Å². The van der Waals surface area contributed by atoms with Gasteiger partial charge in [-0.2, -0.15) is 0 Å². The molecule has 1 aliphatic rings. The second-order valence-electron chi connectivity index (χ2n) is 6.01. The van der Waals surface area contributed by atoms with Gasteiger partial charge in [0.1, 0.15) is 5.76 Å². The lowest BCUT2D eigenvalue weighted by atomic mass is 9.92. The number of ether oxygens (including phenoxy) is 1. The van der Waals surface area contributed by atoms with Crippen molar-refractivity contribution in [1.82, 2.24) is 4.98 Å². The maximum Gasteiger partial charge on any atom is 0.171 e. The number of carbonyl (C=O) groups excluding carboxylic acids is 1. The van der Waals surface area contributed by atoms with Crippen molar-refractivity contribution >= 4 is 39.1 Å². The number of para-hydroxylation sites is 1. The third-order valence-electron chi connectivity index (χ3n) is 4.27. The summed E-state index contributed by atoms with van der Waals surface area (Å²) in [7, 11) is 0. The van der Waals surface area contributed by atoms with Gasteiger partial charge in [-0.3, -0.25) is 4.79 Å². The van der Waals surface area contributed by atoms with Crippen LogP contribution in [-0.2, 0) is 9.53 Å². The van der Waals surface area contributed by atoms with Crippen LogP contribution in [0.15, 0.2) is 69.6 Å². The lowest BCUT2D eigenvalue weighted by Gasteiger charge is -2.18. The Hall–Kier alpha value is -2.11. The van der Waals surface area contributed by atoms with Crippen LogP contribution in [0.25, 0.3) is 10.2 Å². The molecule has 2 heterocycles. The lowest BCUT2D eigenvalue weighted by Crippen LogP contribution is -2.24. The smallest absolute Gasteiger partial charge is 0.171 e. The van der Waals surface area contributed by atoms with E-state index in [0.29, 0.717) is 0 Å². The van der Waals surface area contributed by atoms with E-state index in [0.717, 1.165) is 26.1 Å². The highest BCUT2D eigenvalue weighted by molar-refractivity contribution is 8.04. The van der Waals surface area contributed by atoms with E-state index in [2.05, 4.69) is 18.2 Å². The Balaban J connectivity index is 1.72. The molecule has 0 radical (unpaired) electrons. The van der Waals surface area contributed by atoms with E-state index in [1.807, 2.05) is 43.3 Å². The fourth-order valence-electron chi connectivity index (χ4n) is 3.10. The molecule has 0 saturated carbocycles. The van der Waals surface area contributed by atoms with Gasteiger partial charge in [0.25, 0.3) is 0 Å². The molecule has 0 bridgehead atoms. The van der Waals surface area contributed by atoms with Crippen molar-refractivity contribution in [3.8, 4) is 0 Å². The van der Waals surface area contributed by atoms with Crippen LogP contribution in [0.4, 0.5) is 0 Å². The third-order valence-corrected chi connectivity index (χ3v) is 6.63. The quantitative estimate of drug-likeness (QED) is 0.620. The highest BCUT2D eigenvalue weighted by Crippen LogP contribution is 2.48. The number of nitrogens with zero attached hydrogens (tertiary/aromatic N) is 1. The van der Waals surface area contributed by atoms with Gasteiger partial charge in [0.2, 0.25) is 0 Å². The summed E-state index contributed by atoms with van der Waals surface area (Å²) in [6, 6.07) is 18.2. The minimum atomic E-state index is -0.459. The zero-order valence-electron chi connectivity index (χ0n) is 13.9. The highest BCUT2D eigenvalue weighted by atomic mass is 32.2. The first-order valence-corrected chi connectivity index (χ1v) is 9.73. The van der Waals surface area contributed by atoms with E-state index >= 15 is 0 Å². The van der Waals surface area contributed by atoms with Gasteiger partial charge < -0.3 is 4.74 Å². The number of thiazole rings is 1. The Labute approximate surface area is 154 Å². The van der Waals surface area contributed by atoms with Crippen molar-refractivity contribution in [2.45, 2.75) is 30.2 Å². The summed E-state index contributed by atoms with van der Waals surface area (Å²) in [5, 5.41) is 0. The zero-order chi connectivity index (χ0) is 17.4. The summed E-state index contributed by atoms with van der Waals surface area (Å²) < 4.78 is 8.08. The Kier molecular flexibility index (Phi) is 4.36. The number of rotatable bonds is 4. The maximum absolute atomic E-state index is 12.1. The summed E-state index contributed by atoms with van der Waals surface area (Å²) in [4.78, 5) is 17.9. The summed E-state index contributed by atoms with van der Waals surface area (Å²) in [5.74, 6) is 0.794. The van der Waals surface area contributed by atoms with Crippen molar-refractivity contribution in [3.05, 3.63) is 70.8 Å². The average molecular weight is 367 g/mol. The number of aromatic nitrogens is 1. The molecule has 2 aromatic carbocycles. The number of hydrogen-bond acceptors (Lipinski definition) is 5. The van der Waals surface area contributed by atoms with Gasteiger partial charge in [-0.05, 0) is 31.5 Å².